The number of rotatable bonds is 13. The van der Waals surface area contributed by atoms with Gasteiger partial charge < -0.3 is 27.1 Å². The van der Waals surface area contributed by atoms with Crippen LogP contribution in [0.5, 0.6) is 34.5 Å². The Morgan fingerprint density at radius 2 is 0.457 bits per heavy atom. The van der Waals surface area contributed by atoms with Crippen LogP contribution in [0.15, 0.2) is 170 Å². The van der Waals surface area contributed by atoms with Crippen molar-refractivity contribution in [2.45, 2.75) is 0 Å². The van der Waals surface area contributed by atoms with Gasteiger partial charge in [0.2, 0.25) is 0 Å². The van der Waals surface area contributed by atoms with Crippen LogP contribution in [0.4, 0.5) is 0 Å². The van der Waals surface area contributed by atoms with E-state index in [4.69, 9.17) is 27.1 Å². The third-order valence-electron chi connectivity index (χ3n) is 6.32. The van der Waals surface area contributed by atoms with E-state index in [9.17, 15) is 9.13 Å². The Hall–Kier alpha value is -5.42. The van der Waals surface area contributed by atoms with E-state index in [0.29, 0.717) is 23.0 Å². The van der Waals surface area contributed by atoms with Gasteiger partial charge >= 0.3 is 15.6 Å². The van der Waals surface area contributed by atoms with Crippen LogP contribution in [0.3, 0.4) is 0 Å². The Bertz CT molecular complexity index is 1690. The first-order chi connectivity index (χ1) is 22.4. The summed E-state index contributed by atoms with van der Waals surface area (Å²) in [5.41, 5.74) is 1.68. The number of para-hydroxylation sites is 4. The first-order valence-corrected chi connectivity index (χ1v) is 17.1. The normalized spacial score (nSPS) is 11.2. The van der Waals surface area contributed by atoms with Crippen molar-refractivity contribution in [3.05, 3.63) is 170 Å². The van der Waals surface area contributed by atoms with Crippen LogP contribution in [0.1, 0.15) is 0 Å². The summed E-state index contributed by atoms with van der Waals surface area (Å²) in [6.07, 6.45) is 0. The maximum Gasteiger partial charge on any atom is 0.647 e. The molecule has 0 amide bonds. The molecule has 0 saturated carbocycles. The Balaban J connectivity index is 1.17. The summed E-state index contributed by atoms with van der Waals surface area (Å²) >= 11 is 0. The van der Waals surface area contributed by atoms with Crippen molar-refractivity contribution in [3.63, 3.8) is 0 Å². The van der Waals surface area contributed by atoms with E-state index < -0.39 is 15.6 Å². The zero-order chi connectivity index (χ0) is 31.7. The second kappa shape index (κ2) is 14.1. The summed E-state index contributed by atoms with van der Waals surface area (Å²) in [4.78, 5) is 0. The molecule has 0 unspecified atom stereocenters. The molecule has 0 aliphatic rings. The number of phosphoric acid groups is 2. The topological polar surface area (TPSA) is 89.5 Å². The van der Waals surface area contributed by atoms with Crippen LogP contribution in [0.2, 0.25) is 0 Å². The van der Waals surface area contributed by atoms with Gasteiger partial charge in [-0.1, -0.05) is 97.1 Å². The van der Waals surface area contributed by atoms with Crippen LogP contribution >= 0.6 is 15.6 Å². The first-order valence-electron chi connectivity index (χ1n) is 14.2. The Kier molecular flexibility index (Phi) is 9.40. The number of phosphoric ester groups is 2. The van der Waals surface area contributed by atoms with Gasteiger partial charge in [-0.15, -0.1) is 0 Å². The standard InChI is InChI=1S/C36H28O8P2/c37-45(39-31-13-5-1-6-14-31,40-32-15-7-2-8-16-32)43-35-25-21-29(22-26-35)30-23-27-36(28-24-30)44-46(38,41-33-17-9-3-10-18-33)42-34-19-11-4-12-20-34/h1-28H. The smallest absolute Gasteiger partial charge is 0.386 e. The highest BCUT2D eigenvalue weighted by atomic mass is 31.2. The van der Waals surface area contributed by atoms with Gasteiger partial charge in [-0.25, -0.2) is 0 Å². The van der Waals surface area contributed by atoms with Gasteiger partial charge in [-0.3, -0.25) is 0 Å². The fourth-order valence-electron chi connectivity index (χ4n) is 4.23. The lowest BCUT2D eigenvalue weighted by Gasteiger charge is -2.20. The van der Waals surface area contributed by atoms with E-state index in [0.717, 1.165) is 11.1 Å². The van der Waals surface area contributed by atoms with Gasteiger partial charge in [-0.2, -0.15) is 9.13 Å². The predicted octanol–water partition coefficient (Wildman–Crippen LogP) is 10.6. The summed E-state index contributed by atoms with van der Waals surface area (Å²) in [7, 11) is -8.23. The molecule has 0 bridgehead atoms. The van der Waals surface area contributed by atoms with E-state index in [1.54, 1.807) is 121 Å². The number of hydrogen-bond donors (Lipinski definition) is 0. The lowest BCUT2D eigenvalue weighted by Crippen LogP contribution is -2.07. The molecule has 0 aliphatic carbocycles. The third-order valence-corrected chi connectivity index (χ3v) is 8.92. The molecular formula is C36H28O8P2. The number of benzene rings is 6. The second-order valence-electron chi connectivity index (χ2n) is 9.74. The van der Waals surface area contributed by atoms with E-state index in [1.807, 2.05) is 48.5 Å². The molecule has 0 N–H and O–H groups in total. The summed E-state index contributed by atoms with van der Waals surface area (Å²) in [6, 6.07) is 48.7. The molecule has 10 heteroatoms. The molecule has 6 rings (SSSR count). The van der Waals surface area contributed by atoms with Crippen molar-refractivity contribution in [1.29, 1.82) is 0 Å². The van der Waals surface area contributed by atoms with Crippen LogP contribution in [0.25, 0.3) is 11.1 Å². The Labute approximate surface area is 266 Å². The van der Waals surface area contributed by atoms with E-state index in [2.05, 4.69) is 0 Å². The predicted molar refractivity (Wildman–Crippen MR) is 177 cm³/mol. The highest BCUT2D eigenvalue weighted by Crippen LogP contribution is 2.51. The number of hydrogen-bond acceptors (Lipinski definition) is 8. The quantitative estimate of drug-likeness (QED) is 0.114. The maximum absolute atomic E-state index is 13.7. The van der Waals surface area contributed by atoms with Gasteiger partial charge in [-0.05, 0) is 83.9 Å². The van der Waals surface area contributed by atoms with Crippen LogP contribution in [0, 0.1) is 0 Å². The summed E-state index contributed by atoms with van der Waals surface area (Å²) in [6.45, 7) is 0. The SMILES string of the molecule is O=P(Oc1ccccc1)(Oc1ccccc1)Oc1ccc(-c2ccc(OP(=O)(Oc3ccccc3)Oc3ccccc3)cc2)cc1. The van der Waals surface area contributed by atoms with Gasteiger partial charge in [0.05, 0.1) is 0 Å². The monoisotopic (exact) mass is 650 g/mol. The average molecular weight is 651 g/mol. The molecule has 230 valence electrons. The molecule has 0 aliphatic heterocycles. The van der Waals surface area contributed by atoms with Gasteiger partial charge in [0.25, 0.3) is 0 Å². The maximum atomic E-state index is 13.7. The lowest BCUT2D eigenvalue weighted by atomic mass is 10.1. The van der Waals surface area contributed by atoms with Crippen molar-refractivity contribution in [2.75, 3.05) is 0 Å². The van der Waals surface area contributed by atoms with E-state index in [-0.39, 0.29) is 11.5 Å². The fraction of sp³-hybridized carbons (Fsp3) is 0. The summed E-state index contributed by atoms with van der Waals surface area (Å²) < 4.78 is 61.9. The molecule has 0 heterocycles. The van der Waals surface area contributed by atoms with Crippen molar-refractivity contribution >= 4 is 15.6 Å². The first kappa shape index (κ1) is 30.6. The summed E-state index contributed by atoms with van der Waals surface area (Å²) in [5.74, 6) is 1.94. The molecule has 0 fully saturated rings. The highest BCUT2D eigenvalue weighted by molar-refractivity contribution is 7.50. The molecule has 46 heavy (non-hydrogen) atoms. The Morgan fingerprint density at radius 3 is 0.674 bits per heavy atom. The van der Waals surface area contributed by atoms with Crippen molar-refractivity contribution in [2.24, 2.45) is 0 Å². The fourth-order valence-corrected chi connectivity index (χ4v) is 6.73. The third kappa shape index (κ3) is 8.39. The van der Waals surface area contributed by atoms with Crippen LogP contribution in [-0.2, 0) is 9.13 Å². The zero-order valence-corrected chi connectivity index (χ0v) is 26.1. The molecule has 0 radical (unpaired) electrons. The molecule has 0 aromatic heterocycles. The van der Waals surface area contributed by atoms with Gasteiger partial charge in [0.15, 0.2) is 0 Å². The molecule has 0 spiro atoms. The molecule has 0 saturated heterocycles. The molecule has 0 atom stereocenters. The van der Waals surface area contributed by atoms with E-state index >= 15 is 0 Å². The van der Waals surface area contributed by atoms with Crippen molar-refractivity contribution in [3.8, 4) is 45.6 Å². The molecule has 6 aromatic carbocycles. The van der Waals surface area contributed by atoms with Crippen LogP contribution in [-0.4, -0.2) is 0 Å². The lowest BCUT2D eigenvalue weighted by molar-refractivity contribution is 0.296. The van der Waals surface area contributed by atoms with Gasteiger partial charge in [0.1, 0.15) is 34.5 Å². The average Bonchev–Trinajstić information content (AvgIpc) is 3.07. The largest absolute Gasteiger partial charge is 0.647 e. The second-order valence-corrected chi connectivity index (χ2v) is 12.6. The van der Waals surface area contributed by atoms with Crippen molar-refractivity contribution in [1.82, 2.24) is 0 Å². The minimum absolute atomic E-state index is 0.288. The van der Waals surface area contributed by atoms with Crippen molar-refractivity contribution < 1.29 is 36.3 Å². The minimum Gasteiger partial charge on any atom is -0.386 e. The summed E-state index contributed by atoms with van der Waals surface area (Å²) in [5, 5.41) is 0. The zero-order valence-electron chi connectivity index (χ0n) is 24.3. The Morgan fingerprint density at radius 1 is 0.261 bits per heavy atom. The molecular weight excluding hydrogens is 622 g/mol. The molecule has 6 aromatic rings. The van der Waals surface area contributed by atoms with Gasteiger partial charge in [0, 0.05) is 0 Å². The highest BCUT2D eigenvalue weighted by Gasteiger charge is 2.34. The van der Waals surface area contributed by atoms with Crippen LogP contribution < -0.4 is 27.1 Å². The van der Waals surface area contributed by atoms with E-state index in [1.165, 1.54) is 0 Å². The molecule has 8 nitrogen and oxygen atoms in total. The minimum atomic E-state index is -4.12.